The Morgan fingerprint density at radius 1 is 1.30 bits per heavy atom. The van der Waals surface area contributed by atoms with Crippen LogP contribution in [0.4, 0.5) is 5.69 Å². The molecule has 2 aromatic rings. The lowest BCUT2D eigenvalue weighted by atomic mass is 10.0. The van der Waals surface area contributed by atoms with Gasteiger partial charge in [-0.25, -0.2) is 4.99 Å². The minimum atomic E-state index is 0.0265. The quantitative estimate of drug-likeness (QED) is 0.819. The number of benzene rings is 1. The predicted octanol–water partition coefficient (Wildman–Crippen LogP) is 2.77. The van der Waals surface area contributed by atoms with Crippen molar-refractivity contribution in [3.8, 4) is 0 Å². The van der Waals surface area contributed by atoms with Crippen LogP contribution in [0.3, 0.4) is 0 Å². The van der Waals surface area contributed by atoms with E-state index in [2.05, 4.69) is 27.9 Å². The van der Waals surface area contributed by atoms with Gasteiger partial charge in [0, 0.05) is 30.1 Å². The van der Waals surface area contributed by atoms with E-state index in [0.29, 0.717) is 5.56 Å². The van der Waals surface area contributed by atoms with Crippen LogP contribution in [-0.2, 0) is 0 Å². The van der Waals surface area contributed by atoms with Gasteiger partial charge in [-0.05, 0) is 31.2 Å². The van der Waals surface area contributed by atoms with Crippen molar-refractivity contribution in [3.05, 3.63) is 59.4 Å². The van der Waals surface area contributed by atoms with Crippen molar-refractivity contribution in [1.82, 2.24) is 9.88 Å². The molecule has 5 heteroatoms. The van der Waals surface area contributed by atoms with Gasteiger partial charge in [-0.2, -0.15) is 0 Å². The van der Waals surface area contributed by atoms with E-state index < -0.39 is 0 Å². The molecule has 0 unspecified atom stereocenters. The van der Waals surface area contributed by atoms with Gasteiger partial charge in [0.2, 0.25) is 0 Å². The van der Waals surface area contributed by atoms with Crippen molar-refractivity contribution in [1.29, 1.82) is 0 Å². The second-order valence-corrected chi connectivity index (χ2v) is 5.75. The van der Waals surface area contributed by atoms with Crippen molar-refractivity contribution in [2.24, 2.45) is 9.98 Å². The maximum atomic E-state index is 12.5. The number of hydrogen-bond donors (Lipinski definition) is 0. The molecule has 23 heavy (non-hydrogen) atoms. The topological polar surface area (TPSA) is 57.9 Å². The zero-order valence-electron chi connectivity index (χ0n) is 12.9. The number of ketones is 1. The van der Waals surface area contributed by atoms with Crippen LogP contribution in [0.15, 0.2) is 52.7 Å². The van der Waals surface area contributed by atoms with Gasteiger partial charge in [0.05, 0.1) is 18.7 Å². The molecule has 0 atom stereocenters. The van der Waals surface area contributed by atoms with E-state index in [9.17, 15) is 4.79 Å². The molecule has 0 fully saturated rings. The number of pyridine rings is 1. The number of fused-ring (bicyclic) bond motifs is 3. The summed E-state index contributed by atoms with van der Waals surface area (Å²) < 4.78 is 0. The Labute approximate surface area is 134 Å². The van der Waals surface area contributed by atoms with Gasteiger partial charge in [-0.3, -0.25) is 14.8 Å². The van der Waals surface area contributed by atoms with Crippen molar-refractivity contribution in [2.75, 3.05) is 13.1 Å². The lowest BCUT2D eigenvalue weighted by Crippen LogP contribution is -2.38. The Morgan fingerprint density at radius 3 is 3.04 bits per heavy atom. The van der Waals surface area contributed by atoms with Gasteiger partial charge in [-0.15, -0.1) is 0 Å². The highest BCUT2D eigenvalue weighted by Crippen LogP contribution is 2.30. The molecule has 0 spiro atoms. The zero-order chi connectivity index (χ0) is 15.8. The monoisotopic (exact) mass is 304 g/mol. The molecule has 0 saturated heterocycles. The molecule has 0 aliphatic carbocycles. The number of aliphatic imine (C=N–C) groups is 2. The zero-order valence-corrected chi connectivity index (χ0v) is 12.9. The molecule has 2 aliphatic heterocycles. The largest absolute Gasteiger partial charge is 0.312 e. The predicted molar refractivity (Wildman–Crippen MR) is 89.6 cm³/mol. The highest BCUT2D eigenvalue weighted by molar-refractivity contribution is 6.20. The molecule has 0 saturated carbocycles. The minimum absolute atomic E-state index is 0.0265. The number of rotatable bonds is 3. The molecule has 4 rings (SSSR count). The second kappa shape index (κ2) is 5.43. The molecule has 3 heterocycles. The van der Waals surface area contributed by atoms with Crippen molar-refractivity contribution in [2.45, 2.75) is 13.3 Å². The Balaban J connectivity index is 1.70. The molecule has 0 amide bonds. The van der Waals surface area contributed by atoms with Crippen LogP contribution in [0, 0.1) is 6.92 Å². The van der Waals surface area contributed by atoms with Crippen molar-refractivity contribution >= 4 is 23.1 Å². The summed E-state index contributed by atoms with van der Waals surface area (Å²) in [5.74, 6) is 1.73. The van der Waals surface area contributed by atoms with Crippen LogP contribution >= 0.6 is 0 Å². The van der Waals surface area contributed by atoms with Gasteiger partial charge in [0.25, 0.3) is 0 Å². The molecule has 5 nitrogen and oxygen atoms in total. The van der Waals surface area contributed by atoms with Crippen molar-refractivity contribution in [3.63, 3.8) is 0 Å². The molecule has 0 radical (unpaired) electrons. The summed E-state index contributed by atoms with van der Waals surface area (Å²) in [7, 11) is 0. The number of carbonyl (C=O) groups excluding carboxylic acids is 1. The maximum Gasteiger partial charge on any atom is 0.171 e. The van der Waals surface area contributed by atoms with E-state index in [1.54, 1.807) is 24.5 Å². The van der Waals surface area contributed by atoms with Crippen LogP contribution in [0.5, 0.6) is 0 Å². The number of nitrogens with zero attached hydrogens (tertiary/aromatic N) is 4. The Morgan fingerprint density at radius 2 is 2.22 bits per heavy atom. The molecule has 1 aromatic heterocycles. The smallest absolute Gasteiger partial charge is 0.171 e. The SMILES string of the molecule is Cc1ccc2c(c1)C1=NCCN1C(CC(=O)c1cccnc1)=N2. The second-order valence-electron chi connectivity index (χ2n) is 5.75. The molecule has 0 bridgehead atoms. The summed E-state index contributed by atoms with van der Waals surface area (Å²) in [6, 6.07) is 9.70. The third-order valence-corrected chi connectivity index (χ3v) is 4.10. The average Bonchev–Trinajstić information content (AvgIpc) is 3.06. The Bertz CT molecular complexity index is 839. The van der Waals surface area contributed by atoms with Crippen LogP contribution < -0.4 is 0 Å². The highest BCUT2D eigenvalue weighted by atomic mass is 16.1. The Kier molecular flexibility index (Phi) is 3.26. The lowest BCUT2D eigenvalue weighted by Gasteiger charge is -2.27. The molecular weight excluding hydrogens is 288 g/mol. The van der Waals surface area contributed by atoms with E-state index in [-0.39, 0.29) is 12.2 Å². The molecule has 2 aliphatic rings. The molecule has 1 aromatic carbocycles. The molecular formula is C18H16N4O. The molecule has 114 valence electrons. The van der Waals surface area contributed by atoms with Gasteiger partial charge in [0.1, 0.15) is 11.7 Å². The highest BCUT2D eigenvalue weighted by Gasteiger charge is 2.30. The van der Waals surface area contributed by atoms with Crippen molar-refractivity contribution < 1.29 is 4.79 Å². The number of hydrogen-bond acceptors (Lipinski definition) is 5. The van der Waals surface area contributed by atoms with E-state index in [1.165, 1.54) is 5.56 Å². The van der Waals surface area contributed by atoms with E-state index >= 15 is 0 Å². The fourth-order valence-corrected chi connectivity index (χ4v) is 2.96. The van der Waals surface area contributed by atoms with Crippen LogP contribution in [0.1, 0.15) is 27.9 Å². The number of aryl methyl sites for hydroxylation is 1. The van der Waals surface area contributed by atoms with Gasteiger partial charge in [0.15, 0.2) is 5.78 Å². The van der Waals surface area contributed by atoms with Gasteiger partial charge in [-0.1, -0.05) is 11.6 Å². The average molecular weight is 304 g/mol. The molecule has 0 N–H and O–H groups in total. The van der Waals surface area contributed by atoms with E-state index in [0.717, 1.165) is 36.0 Å². The van der Waals surface area contributed by atoms with Gasteiger partial charge < -0.3 is 4.90 Å². The summed E-state index contributed by atoms with van der Waals surface area (Å²) in [5.41, 5.74) is 3.74. The third-order valence-electron chi connectivity index (χ3n) is 4.10. The first kappa shape index (κ1) is 13.8. The van der Waals surface area contributed by atoms with Crippen LogP contribution in [0.25, 0.3) is 0 Å². The van der Waals surface area contributed by atoms with Gasteiger partial charge >= 0.3 is 0 Å². The summed E-state index contributed by atoms with van der Waals surface area (Å²) >= 11 is 0. The fraction of sp³-hybridized carbons (Fsp3) is 0.222. The summed E-state index contributed by atoms with van der Waals surface area (Å²) in [5, 5.41) is 0. The first-order chi connectivity index (χ1) is 11.2. The normalized spacial score (nSPS) is 15.6. The summed E-state index contributed by atoms with van der Waals surface area (Å²) in [6.07, 6.45) is 3.53. The Hall–Kier alpha value is -2.82. The maximum absolute atomic E-state index is 12.5. The lowest BCUT2D eigenvalue weighted by molar-refractivity contribution is 0.0998. The number of amidine groups is 2. The van der Waals surface area contributed by atoms with Crippen LogP contribution in [-0.4, -0.2) is 40.4 Å². The third kappa shape index (κ3) is 2.44. The van der Waals surface area contributed by atoms with Crippen LogP contribution in [0.2, 0.25) is 0 Å². The number of aromatic nitrogens is 1. The fourth-order valence-electron chi connectivity index (χ4n) is 2.96. The van der Waals surface area contributed by atoms with E-state index in [1.807, 2.05) is 12.1 Å². The number of carbonyl (C=O) groups is 1. The summed E-state index contributed by atoms with van der Waals surface area (Å²) in [4.78, 5) is 27.9. The van der Waals surface area contributed by atoms with E-state index in [4.69, 9.17) is 4.99 Å². The first-order valence-electron chi connectivity index (χ1n) is 7.66. The summed E-state index contributed by atoms with van der Waals surface area (Å²) in [6.45, 7) is 3.58. The number of Topliss-reactive ketones (excluding diaryl/α,β-unsaturated/α-hetero) is 1. The standard InChI is InChI=1S/C18H16N4O/c1-12-4-5-15-14(9-12)18-20-7-8-22(18)17(21-15)10-16(23)13-3-2-6-19-11-13/h2-6,9,11H,7-8,10H2,1H3. The minimum Gasteiger partial charge on any atom is -0.312 e. The first-order valence-corrected chi connectivity index (χ1v) is 7.66.